The lowest BCUT2D eigenvalue weighted by Gasteiger charge is -2.34. The van der Waals surface area contributed by atoms with Gasteiger partial charge in [-0.1, -0.05) is 83.0 Å². The molecule has 0 radical (unpaired) electrons. The van der Waals surface area contributed by atoms with Crippen molar-refractivity contribution in [1.82, 2.24) is 10.2 Å². The highest BCUT2D eigenvalue weighted by molar-refractivity contribution is 9.10. The molecule has 3 aromatic rings. The molecule has 0 spiro atoms. The van der Waals surface area contributed by atoms with Gasteiger partial charge in [-0.05, 0) is 62.1 Å². The molecule has 2 atom stereocenters. The van der Waals surface area contributed by atoms with Crippen LogP contribution in [0.4, 0.5) is 5.69 Å². The number of hydrogen-bond donors (Lipinski definition) is 1. The maximum Gasteiger partial charge on any atom is 0.244 e. The summed E-state index contributed by atoms with van der Waals surface area (Å²) in [6.07, 6.45) is 2.11. The average molecular weight is 629 g/mol. The Morgan fingerprint density at radius 3 is 2.23 bits per heavy atom. The van der Waals surface area contributed by atoms with E-state index in [2.05, 4.69) is 21.2 Å². The average Bonchev–Trinajstić information content (AvgIpc) is 2.90. The number of nitrogens with one attached hydrogen (secondary N) is 1. The molecule has 0 unspecified atom stereocenters. The second-order valence-corrected chi connectivity index (χ2v) is 13.0. The zero-order valence-corrected chi connectivity index (χ0v) is 26.1. The van der Waals surface area contributed by atoms with Crippen LogP contribution in [0, 0.1) is 13.8 Å². The molecule has 0 heterocycles. The molecule has 214 valence electrons. The number of hydrogen-bond acceptors (Lipinski definition) is 4. The number of benzene rings is 3. The first-order valence-electron chi connectivity index (χ1n) is 13.3. The molecule has 7 nitrogen and oxygen atoms in total. The summed E-state index contributed by atoms with van der Waals surface area (Å²) in [5.41, 5.74) is 4.00. The first-order chi connectivity index (χ1) is 18.9. The molecular weight excluding hydrogens is 590 g/mol. The molecule has 3 rings (SSSR count). The number of carbonyl (C=O) groups excluding carboxylic acids is 2. The topological polar surface area (TPSA) is 86.8 Å². The van der Waals surface area contributed by atoms with E-state index in [-0.39, 0.29) is 24.9 Å². The minimum absolute atomic E-state index is 0.0834. The van der Waals surface area contributed by atoms with Crippen LogP contribution in [0.1, 0.15) is 42.5 Å². The van der Waals surface area contributed by atoms with E-state index in [0.29, 0.717) is 5.69 Å². The van der Waals surface area contributed by atoms with Crippen LogP contribution in [0.15, 0.2) is 77.3 Å². The van der Waals surface area contributed by atoms with Gasteiger partial charge in [0, 0.05) is 23.5 Å². The van der Waals surface area contributed by atoms with Gasteiger partial charge in [0.1, 0.15) is 12.6 Å². The van der Waals surface area contributed by atoms with Crippen LogP contribution in [-0.2, 0) is 32.6 Å². The largest absolute Gasteiger partial charge is 0.352 e. The van der Waals surface area contributed by atoms with E-state index in [9.17, 15) is 18.0 Å². The van der Waals surface area contributed by atoms with Crippen molar-refractivity contribution in [2.75, 3.05) is 17.1 Å². The third-order valence-electron chi connectivity index (χ3n) is 6.82. The predicted molar refractivity (Wildman–Crippen MR) is 165 cm³/mol. The summed E-state index contributed by atoms with van der Waals surface area (Å²) in [5, 5.41) is 3.04. The van der Waals surface area contributed by atoms with Gasteiger partial charge in [0.15, 0.2) is 0 Å². The van der Waals surface area contributed by atoms with E-state index in [1.165, 1.54) is 4.90 Å². The highest BCUT2D eigenvalue weighted by Gasteiger charge is 2.33. The first-order valence-corrected chi connectivity index (χ1v) is 16.0. The molecule has 0 saturated carbocycles. The lowest BCUT2D eigenvalue weighted by atomic mass is 10.0. The fourth-order valence-corrected chi connectivity index (χ4v) is 5.49. The van der Waals surface area contributed by atoms with Crippen LogP contribution in [0.25, 0.3) is 0 Å². The Labute approximate surface area is 246 Å². The molecule has 0 aliphatic rings. The molecule has 2 amide bonds. The zero-order valence-electron chi connectivity index (χ0n) is 23.7. The van der Waals surface area contributed by atoms with E-state index in [0.717, 1.165) is 43.7 Å². The first kappa shape index (κ1) is 31.4. The second-order valence-electron chi connectivity index (χ2n) is 10.2. The standard InChI is InChI=1S/C31H38BrN3O4S/c1-6-24(4)33-31(37)29(19-25-12-8-7-9-13-25)34(20-26-14-10-11-22(2)17-26)30(36)21-35(40(5,38)39)27-15-16-28(32)23(3)18-27/h7-18,24,29H,6,19-21H2,1-5H3,(H,33,37)/t24-,29+/m0/s1. The molecular formula is C31H38BrN3O4S. The van der Waals surface area contributed by atoms with Crippen LogP contribution in [-0.4, -0.2) is 50.0 Å². The van der Waals surface area contributed by atoms with Crippen molar-refractivity contribution in [3.05, 3.63) is 99.5 Å². The molecule has 0 fully saturated rings. The monoisotopic (exact) mass is 627 g/mol. The molecule has 3 aromatic carbocycles. The fourth-order valence-electron chi connectivity index (χ4n) is 4.40. The zero-order chi connectivity index (χ0) is 29.4. The molecule has 0 saturated heterocycles. The summed E-state index contributed by atoms with van der Waals surface area (Å²) in [4.78, 5) is 29.4. The highest BCUT2D eigenvalue weighted by Crippen LogP contribution is 2.25. The summed E-state index contributed by atoms with van der Waals surface area (Å²) in [6.45, 7) is 7.45. The van der Waals surface area contributed by atoms with Crippen molar-refractivity contribution < 1.29 is 18.0 Å². The van der Waals surface area contributed by atoms with Crippen LogP contribution in [0.2, 0.25) is 0 Å². The van der Waals surface area contributed by atoms with Gasteiger partial charge in [0.05, 0.1) is 11.9 Å². The van der Waals surface area contributed by atoms with E-state index in [1.54, 1.807) is 18.2 Å². The molecule has 1 N–H and O–H groups in total. The Kier molecular flexibility index (Phi) is 10.9. The Bertz CT molecular complexity index is 1430. The normalized spacial score (nSPS) is 12.8. The summed E-state index contributed by atoms with van der Waals surface area (Å²) in [5.74, 6) is -0.739. The summed E-state index contributed by atoms with van der Waals surface area (Å²) < 4.78 is 27.8. The van der Waals surface area contributed by atoms with Crippen molar-refractivity contribution >= 4 is 43.5 Å². The van der Waals surface area contributed by atoms with Gasteiger partial charge < -0.3 is 10.2 Å². The molecule has 0 aliphatic heterocycles. The highest BCUT2D eigenvalue weighted by atomic mass is 79.9. The van der Waals surface area contributed by atoms with E-state index >= 15 is 0 Å². The van der Waals surface area contributed by atoms with Crippen LogP contribution < -0.4 is 9.62 Å². The minimum Gasteiger partial charge on any atom is -0.352 e. The van der Waals surface area contributed by atoms with Gasteiger partial charge in [0.25, 0.3) is 0 Å². The van der Waals surface area contributed by atoms with Crippen molar-refractivity contribution in [3.63, 3.8) is 0 Å². The SMILES string of the molecule is CC[C@H](C)NC(=O)[C@@H](Cc1ccccc1)N(Cc1cccc(C)c1)C(=O)CN(c1ccc(Br)c(C)c1)S(C)(=O)=O. The number of nitrogens with zero attached hydrogens (tertiary/aromatic N) is 2. The Morgan fingerprint density at radius 2 is 1.62 bits per heavy atom. The number of carbonyl (C=O) groups is 2. The third-order valence-corrected chi connectivity index (χ3v) is 8.85. The van der Waals surface area contributed by atoms with Gasteiger partial charge in [-0.2, -0.15) is 0 Å². The van der Waals surface area contributed by atoms with Crippen molar-refractivity contribution in [2.24, 2.45) is 0 Å². The van der Waals surface area contributed by atoms with Crippen molar-refractivity contribution in [1.29, 1.82) is 0 Å². The molecule has 40 heavy (non-hydrogen) atoms. The Hall–Kier alpha value is -3.17. The maximum atomic E-state index is 14.1. The number of amides is 2. The third kappa shape index (κ3) is 8.66. The summed E-state index contributed by atoms with van der Waals surface area (Å²) in [6, 6.07) is 21.5. The Morgan fingerprint density at radius 1 is 0.950 bits per heavy atom. The quantitative estimate of drug-likeness (QED) is 0.292. The lowest BCUT2D eigenvalue weighted by molar-refractivity contribution is -0.140. The summed E-state index contributed by atoms with van der Waals surface area (Å²) in [7, 11) is -3.81. The van der Waals surface area contributed by atoms with Crippen LogP contribution in [0.5, 0.6) is 0 Å². The molecule has 0 aromatic heterocycles. The lowest BCUT2D eigenvalue weighted by Crippen LogP contribution is -2.54. The van der Waals surface area contributed by atoms with Gasteiger partial charge >= 0.3 is 0 Å². The fraction of sp³-hybridized carbons (Fsp3) is 0.355. The van der Waals surface area contributed by atoms with Crippen LogP contribution >= 0.6 is 15.9 Å². The van der Waals surface area contributed by atoms with Gasteiger partial charge in [-0.3, -0.25) is 13.9 Å². The molecule has 9 heteroatoms. The maximum absolute atomic E-state index is 14.1. The number of sulfonamides is 1. The summed E-state index contributed by atoms with van der Waals surface area (Å²) >= 11 is 3.45. The molecule has 0 bridgehead atoms. The van der Waals surface area contributed by atoms with E-state index in [1.807, 2.05) is 82.3 Å². The van der Waals surface area contributed by atoms with Crippen molar-refractivity contribution in [2.45, 2.75) is 59.2 Å². The Balaban J connectivity index is 2.07. The van der Waals surface area contributed by atoms with Crippen molar-refractivity contribution in [3.8, 4) is 0 Å². The molecule has 0 aliphatic carbocycles. The van der Waals surface area contributed by atoms with E-state index < -0.39 is 28.5 Å². The number of anilines is 1. The second kappa shape index (κ2) is 13.9. The number of rotatable bonds is 12. The number of halogens is 1. The predicted octanol–water partition coefficient (Wildman–Crippen LogP) is 5.39. The van der Waals surface area contributed by atoms with Gasteiger partial charge in [0.2, 0.25) is 21.8 Å². The number of aryl methyl sites for hydroxylation is 2. The van der Waals surface area contributed by atoms with Gasteiger partial charge in [-0.15, -0.1) is 0 Å². The van der Waals surface area contributed by atoms with Gasteiger partial charge in [-0.25, -0.2) is 8.42 Å². The smallest absolute Gasteiger partial charge is 0.244 e. The van der Waals surface area contributed by atoms with E-state index in [4.69, 9.17) is 0 Å². The van der Waals surface area contributed by atoms with Crippen LogP contribution in [0.3, 0.4) is 0 Å². The minimum atomic E-state index is -3.81.